The van der Waals surface area contributed by atoms with Crippen molar-refractivity contribution in [3.8, 4) is 0 Å². The van der Waals surface area contributed by atoms with Crippen LogP contribution in [0.3, 0.4) is 0 Å². The normalized spacial score (nSPS) is 24.4. The SMILES string of the molecule is CCCC1(C(N)=O)CCS(=O)(=O)CC1. The maximum atomic E-state index is 11.3. The molecule has 0 aromatic rings. The number of primary amides is 1. The molecule has 1 heterocycles. The van der Waals surface area contributed by atoms with Crippen molar-refractivity contribution in [1.29, 1.82) is 0 Å². The van der Waals surface area contributed by atoms with Crippen molar-refractivity contribution in [2.24, 2.45) is 11.1 Å². The number of carbonyl (C=O) groups is 1. The van der Waals surface area contributed by atoms with Gasteiger partial charge in [0.15, 0.2) is 0 Å². The summed E-state index contributed by atoms with van der Waals surface area (Å²) in [6, 6.07) is 0. The minimum Gasteiger partial charge on any atom is -0.369 e. The van der Waals surface area contributed by atoms with Crippen LogP contribution in [0.5, 0.6) is 0 Å². The van der Waals surface area contributed by atoms with Crippen LogP contribution < -0.4 is 5.73 Å². The molecule has 1 aliphatic rings. The van der Waals surface area contributed by atoms with Crippen molar-refractivity contribution in [3.63, 3.8) is 0 Å². The Balaban J connectivity index is 2.79. The summed E-state index contributed by atoms with van der Waals surface area (Å²) in [5.74, 6) is -0.124. The van der Waals surface area contributed by atoms with Crippen LogP contribution in [0.4, 0.5) is 0 Å². The predicted octanol–water partition coefficient (Wildman–Crippen LogP) is 0.467. The Morgan fingerprint density at radius 1 is 1.36 bits per heavy atom. The first-order valence-corrected chi connectivity index (χ1v) is 6.74. The molecule has 0 aromatic carbocycles. The molecule has 1 saturated heterocycles. The Hall–Kier alpha value is -0.580. The molecule has 0 aromatic heterocycles. The lowest BCUT2D eigenvalue weighted by atomic mass is 9.77. The number of hydrogen-bond donors (Lipinski definition) is 1. The van der Waals surface area contributed by atoms with E-state index in [2.05, 4.69) is 0 Å². The molecule has 2 N–H and O–H groups in total. The molecule has 0 unspecified atom stereocenters. The third-order valence-corrected chi connectivity index (χ3v) is 4.69. The van der Waals surface area contributed by atoms with Crippen LogP contribution in [0.25, 0.3) is 0 Å². The standard InChI is InChI=1S/C9H17NO3S/c1-2-3-9(8(10)11)4-6-14(12,13)7-5-9/h2-7H2,1H3,(H2,10,11). The summed E-state index contributed by atoms with van der Waals surface area (Å²) < 4.78 is 22.4. The van der Waals surface area contributed by atoms with E-state index in [4.69, 9.17) is 5.73 Å². The van der Waals surface area contributed by atoms with Crippen LogP contribution in [0, 0.1) is 5.41 Å². The molecule has 5 heteroatoms. The van der Waals surface area contributed by atoms with Gasteiger partial charge in [-0.3, -0.25) is 4.79 Å². The molecule has 82 valence electrons. The van der Waals surface area contributed by atoms with Gasteiger partial charge in [0.25, 0.3) is 0 Å². The van der Waals surface area contributed by atoms with E-state index in [1.54, 1.807) is 0 Å². The van der Waals surface area contributed by atoms with Crippen molar-refractivity contribution in [3.05, 3.63) is 0 Å². The number of carbonyl (C=O) groups excluding carboxylic acids is 1. The molecule has 4 nitrogen and oxygen atoms in total. The molecule has 14 heavy (non-hydrogen) atoms. The Kier molecular flexibility index (Phi) is 3.19. The minimum atomic E-state index is -2.91. The van der Waals surface area contributed by atoms with Crippen LogP contribution in [-0.4, -0.2) is 25.8 Å². The second-order valence-electron chi connectivity index (χ2n) is 4.05. The van der Waals surface area contributed by atoms with E-state index in [1.807, 2.05) is 6.92 Å². The minimum absolute atomic E-state index is 0.107. The summed E-state index contributed by atoms with van der Waals surface area (Å²) >= 11 is 0. The van der Waals surface area contributed by atoms with Crippen LogP contribution in [0.1, 0.15) is 32.6 Å². The smallest absolute Gasteiger partial charge is 0.223 e. The summed E-state index contributed by atoms with van der Waals surface area (Å²) in [4.78, 5) is 11.3. The van der Waals surface area contributed by atoms with E-state index in [-0.39, 0.29) is 17.4 Å². The van der Waals surface area contributed by atoms with Gasteiger partial charge in [-0.2, -0.15) is 0 Å². The van der Waals surface area contributed by atoms with Gasteiger partial charge in [-0.05, 0) is 19.3 Å². The summed E-state index contributed by atoms with van der Waals surface area (Å²) in [7, 11) is -2.91. The molecule has 1 aliphatic heterocycles. The summed E-state index contributed by atoms with van der Waals surface area (Å²) in [5.41, 5.74) is 4.79. The third-order valence-electron chi connectivity index (χ3n) is 3.03. The number of hydrogen-bond acceptors (Lipinski definition) is 3. The fourth-order valence-electron chi connectivity index (χ4n) is 2.03. The zero-order valence-electron chi connectivity index (χ0n) is 8.45. The first kappa shape index (κ1) is 11.5. The largest absolute Gasteiger partial charge is 0.369 e. The van der Waals surface area contributed by atoms with Crippen LogP contribution >= 0.6 is 0 Å². The lowest BCUT2D eigenvalue weighted by Crippen LogP contribution is -2.43. The van der Waals surface area contributed by atoms with Gasteiger partial charge in [0, 0.05) is 0 Å². The van der Waals surface area contributed by atoms with Crippen LogP contribution in [0.15, 0.2) is 0 Å². The van der Waals surface area contributed by atoms with E-state index in [0.717, 1.165) is 6.42 Å². The molecular formula is C9H17NO3S. The highest BCUT2D eigenvalue weighted by Gasteiger charge is 2.41. The van der Waals surface area contributed by atoms with Crippen LogP contribution in [-0.2, 0) is 14.6 Å². The summed E-state index contributed by atoms with van der Waals surface area (Å²) in [6.45, 7) is 1.98. The Labute approximate surface area is 84.8 Å². The van der Waals surface area contributed by atoms with Gasteiger partial charge in [0.05, 0.1) is 16.9 Å². The number of rotatable bonds is 3. The van der Waals surface area contributed by atoms with E-state index >= 15 is 0 Å². The average Bonchev–Trinajstić information content (AvgIpc) is 2.09. The highest BCUT2D eigenvalue weighted by Crippen LogP contribution is 2.36. The second-order valence-corrected chi connectivity index (χ2v) is 6.35. The lowest BCUT2D eigenvalue weighted by Gasteiger charge is -2.33. The maximum absolute atomic E-state index is 11.3. The van der Waals surface area contributed by atoms with Gasteiger partial charge in [-0.25, -0.2) is 8.42 Å². The molecule has 1 fully saturated rings. The molecule has 0 bridgehead atoms. The van der Waals surface area contributed by atoms with Gasteiger partial charge < -0.3 is 5.73 Å². The molecule has 1 rings (SSSR count). The monoisotopic (exact) mass is 219 g/mol. The quantitative estimate of drug-likeness (QED) is 0.749. The Bertz CT molecular complexity index is 307. The van der Waals surface area contributed by atoms with Crippen molar-refractivity contribution in [2.75, 3.05) is 11.5 Å². The zero-order valence-corrected chi connectivity index (χ0v) is 9.27. The number of nitrogens with two attached hydrogens (primary N) is 1. The summed E-state index contributed by atoms with van der Waals surface area (Å²) in [5, 5.41) is 0. The van der Waals surface area contributed by atoms with Crippen molar-refractivity contribution in [2.45, 2.75) is 32.6 Å². The molecule has 0 atom stereocenters. The molecular weight excluding hydrogens is 202 g/mol. The highest BCUT2D eigenvalue weighted by atomic mass is 32.2. The maximum Gasteiger partial charge on any atom is 0.223 e. The zero-order chi connectivity index (χ0) is 10.8. The van der Waals surface area contributed by atoms with Gasteiger partial charge in [0.1, 0.15) is 9.84 Å². The molecule has 0 aliphatic carbocycles. The van der Waals surface area contributed by atoms with Crippen molar-refractivity contribution < 1.29 is 13.2 Å². The molecule has 1 amide bonds. The van der Waals surface area contributed by atoms with Crippen LogP contribution in [0.2, 0.25) is 0 Å². The molecule has 0 radical (unpaired) electrons. The predicted molar refractivity (Wildman–Crippen MR) is 54.4 cm³/mol. The van der Waals surface area contributed by atoms with E-state index in [0.29, 0.717) is 19.3 Å². The first-order chi connectivity index (χ1) is 6.42. The Morgan fingerprint density at radius 3 is 2.21 bits per heavy atom. The van der Waals surface area contributed by atoms with Gasteiger partial charge in [-0.15, -0.1) is 0 Å². The molecule has 0 spiro atoms. The topological polar surface area (TPSA) is 77.2 Å². The molecule has 0 saturated carbocycles. The highest BCUT2D eigenvalue weighted by molar-refractivity contribution is 7.91. The van der Waals surface area contributed by atoms with Crippen molar-refractivity contribution >= 4 is 15.7 Å². The number of amides is 1. The van der Waals surface area contributed by atoms with Gasteiger partial charge in [0.2, 0.25) is 5.91 Å². The lowest BCUT2D eigenvalue weighted by molar-refractivity contribution is -0.128. The first-order valence-electron chi connectivity index (χ1n) is 4.92. The summed E-state index contributed by atoms with van der Waals surface area (Å²) in [6.07, 6.45) is 2.37. The average molecular weight is 219 g/mol. The van der Waals surface area contributed by atoms with E-state index in [9.17, 15) is 13.2 Å². The number of sulfone groups is 1. The van der Waals surface area contributed by atoms with Crippen molar-refractivity contribution in [1.82, 2.24) is 0 Å². The van der Waals surface area contributed by atoms with Gasteiger partial charge >= 0.3 is 0 Å². The Morgan fingerprint density at radius 2 is 1.86 bits per heavy atom. The fourth-order valence-corrected chi connectivity index (χ4v) is 3.63. The van der Waals surface area contributed by atoms with E-state index < -0.39 is 15.3 Å². The van der Waals surface area contributed by atoms with Gasteiger partial charge in [-0.1, -0.05) is 13.3 Å². The second kappa shape index (κ2) is 3.88. The third kappa shape index (κ3) is 2.26. The van der Waals surface area contributed by atoms with E-state index in [1.165, 1.54) is 0 Å². The fraction of sp³-hybridized carbons (Fsp3) is 0.889.